The topological polar surface area (TPSA) is 33.7 Å². The van der Waals surface area contributed by atoms with Gasteiger partial charge in [0, 0.05) is 39.5 Å². The molecule has 2 unspecified atom stereocenters. The molecule has 112 valence electrons. The molecule has 4 nitrogen and oxygen atoms in total. The van der Waals surface area contributed by atoms with Crippen LogP contribution in [0.1, 0.15) is 32.6 Å². The Hall–Kier alpha value is -0.160. The first kappa shape index (κ1) is 15.2. The second-order valence-electron chi connectivity index (χ2n) is 6.03. The molecule has 4 heteroatoms. The summed E-state index contributed by atoms with van der Waals surface area (Å²) in [4.78, 5) is 2.57. The van der Waals surface area contributed by atoms with E-state index < -0.39 is 0 Å². The molecular formula is C15H30N2O2. The van der Waals surface area contributed by atoms with Crippen molar-refractivity contribution >= 4 is 0 Å². The number of nitrogens with one attached hydrogen (secondary N) is 1. The Kier molecular flexibility index (Phi) is 6.57. The van der Waals surface area contributed by atoms with Crippen molar-refractivity contribution in [1.82, 2.24) is 10.2 Å². The SMILES string of the molecule is COCC1CCN(CCNC(C)C2CCCO2)CC1. The van der Waals surface area contributed by atoms with E-state index in [1.54, 1.807) is 0 Å². The van der Waals surface area contributed by atoms with E-state index in [0.717, 1.165) is 32.2 Å². The number of hydrogen-bond donors (Lipinski definition) is 1. The summed E-state index contributed by atoms with van der Waals surface area (Å²) in [5.74, 6) is 0.778. The number of piperidine rings is 1. The van der Waals surface area contributed by atoms with E-state index >= 15 is 0 Å². The lowest BCUT2D eigenvalue weighted by molar-refractivity contribution is 0.0792. The second-order valence-corrected chi connectivity index (χ2v) is 6.03. The molecule has 1 N–H and O–H groups in total. The average molecular weight is 270 g/mol. The highest BCUT2D eigenvalue weighted by atomic mass is 16.5. The van der Waals surface area contributed by atoms with Crippen molar-refractivity contribution in [3.63, 3.8) is 0 Å². The molecule has 2 aliphatic heterocycles. The smallest absolute Gasteiger partial charge is 0.0726 e. The number of hydrogen-bond acceptors (Lipinski definition) is 4. The van der Waals surface area contributed by atoms with Gasteiger partial charge in [-0.25, -0.2) is 0 Å². The van der Waals surface area contributed by atoms with E-state index in [1.165, 1.54) is 38.8 Å². The van der Waals surface area contributed by atoms with Crippen molar-refractivity contribution in [3.8, 4) is 0 Å². The molecule has 2 fully saturated rings. The molecule has 0 saturated carbocycles. The fourth-order valence-corrected chi connectivity index (χ4v) is 3.19. The standard InChI is InChI=1S/C15H30N2O2/c1-13(15-4-3-11-19-15)16-7-10-17-8-5-14(6-9-17)12-18-2/h13-16H,3-12H2,1-2H3. The number of ether oxygens (including phenoxy) is 2. The molecule has 0 bridgehead atoms. The van der Waals surface area contributed by atoms with Gasteiger partial charge in [-0.2, -0.15) is 0 Å². The summed E-state index contributed by atoms with van der Waals surface area (Å²) in [5.41, 5.74) is 0. The first-order chi connectivity index (χ1) is 9.29. The first-order valence-electron chi connectivity index (χ1n) is 7.86. The van der Waals surface area contributed by atoms with Gasteiger partial charge in [-0.05, 0) is 51.6 Å². The van der Waals surface area contributed by atoms with Crippen molar-refractivity contribution in [3.05, 3.63) is 0 Å². The van der Waals surface area contributed by atoms with Crippen LogP contribution in [0.2, 0.25) is 0 Å². The third-order valence-electron chi connectivity index (χ3n) is 4.53. The number of rotatable bonds is 7. The summed E-state index contributed by atoms with van der Waals surface area (Å²) >= 11 is 0. The molecule has 0 aromatic rings. The van der Waals surface area contributed by atoms with Crippen molar-refractivity contribution in [2.75, 3.05) is 46.5 Å². The largest absolute Gasteiger partial charge is 0.384 e. The Labute approximate surface area is 117 Å². The highest BCUT2D eigenvalue weighted by Gasteiger charge is 2.22. The lowest BCUT2D eigenvalue weighted by Crippen LogP contribution is -2.43. The summed E-state index contributed by atoms with van der Waals surface area (Å²) < 4.78 is 10.9. The number of likely N-dealkylation sites (tertiary alicyclic amines) is 1. The number of nitrogens with zero attached hydrogens (tertiary/aromatic N) is 1. The molecule has 2 saturated heterocycles. The van der Waals surface area contributed by atoms with Gasteiger partial charge in [-0.15, -0.1) is 0 Å². The van der Waals surface area contributed by atoms with E-state index in [-0.39, 0.29) is 0 Å². The van der Waals surface area contributed by atoms with Gasteiger partial charge < -0.3 is 19.7 Å². The van der Waals surface area contributed by atoms with E-state index in [2.05, 4.69) is 17.1 Å². The molecule has 2 rings (SSSR count). The van der Waals surface area contributed by atoms with Crippen LogP contribution in [0.5, 0.6) is 0 Å². The Bertz CT molecular complexity index is 236. The summed E-state index contributed by atoms with van der Waals surface area (Å²) in [5, 5.41) is 3.62. The monoisotopic (exact) mass is 270 g/mol. The number of methoxy groups -OCH3 is 1. The van der Waals surface area contributed by atoms with Crippen molar-refractivity contribution in [2.24, 2.45) is 5.92 Å². The highest BCUT2D eigenvalue weighted by Crippen LogP contribution is 2.17. The minimum Gasteiger partial charge on any atom is -0.384 e. The van der Waals surface area contributed by atoms with Crippen LogP contribution in [0.4, 0.5) is 0 Å². The first-order valence-corrected chi connectivity index (χ1v) is 7.86. The van der Waals surface area contributed by atoms with Crippen molar-refractivity contribution < 1.29 is 9.47 Å². The zero-order chi connectivity index (χ0) is 13.5. The Balaban J connectivity index is 1.54. The normalized spacial score (nSPS) is 27.8. The van der Waals surface area contributed by atoms with Crippen LogP contribution in [0.3, 0.4) is 0 Å². The summed E-state index contributed by atoms with van der Waals surface area (Å²) in [6.07, 6.45) is 5.46. The Morgan fingerprint density at radius 3 is 2.74 bits per heavy atom. The van der Waals surface area contributed by atoms with Gasteiger partial charge in [0.25, 0.3) is 0 Å². The third-order valence-corrected chi connectivity index (χ3v) is 4.53. The molecule has 2 heterocycles. The van der Waals surface area contributed by atoms with Gasteiger partial charge in [-0.1, -0.05) is 0 Å². The maximum atomic E-state index is 5.71. The van der Waals surface area contributed by atoms with Gasteiger partial charge in [0.15, 0.2) is 0 Å². The van der Waals surface area contributed by atoms with Crippen LogP contribution >= 0.6 is 0 Å². The predicted octanol–water partition coefficient (Wildman–Crippen LogP) is 1.50. The molecule has 2 aliphatic rings. The zero-order valence-corrected chi connectivity index (χ0v) is 12.6. The molecule has 0 aromatic carbocycles. The van der Waals surface area contributed by atoms with E-state index in [9.17, 15) is 0 Å². The van der Waals surface area contributed by atoms with Crippen LogP contribution in [0.25, 0.3) is 0 Å². The molecular weight excluding hydrogens is 240 g/mol. The average Bonchev–Trinajstić information content (AvgIpc) is 2.95. The van der Waals surface area contributed by atoms with Gasteiger partial charge in [-0.3, -0.25) is 0 Å². The zero-order valence-electron chi connectivity index (χ0n) is 12.6. The maximum absolute atomic E-state index is 5.71. The van der Waals surface area contributed by atoms with Crippen molar-refractivity contribution in [1.29, 1.82) is 0 Å². The van der Waals surface area contributed by atoms with Gasteiger partial charge in [0.05, 0.1) is 6.10 Å². The molecule has 2 atom stereocenters. The Morgan fingerprint density at radius 1 is 1.32 bits per heavy atom. The van der Waals surface area contributed by atoms with Crippen LogP contribution in [-0.4, -0.2) is 63.5 Å². The lowest BCUT2D eigenvalue weighted by atomic mass is 9.98. The third kappa shape index (κ3) is 5.03. The fraction of sp³-hybridized carbons (Fsp3) is 1.00. The van der Waals surface area contributed by atoms with Crippen LogP contribution in [0.15, 0.2) is 0 Å². The Morgan fingerprint density at radius 2 is 2.11 bits per heavy atom. The molecule has 19 heavy (non-hydrogen) atoms. The van der Waals surface area contributed by atoms with Crippen LogP contribution in [-0.2, 0) is 9.47 Å². The lowest BCUT2D eigenvalue weighted by Gasteiger charge is -2.32. The van der Waals surface area contributed by atoms with Gasteiger partial charge >= 0.3 is 0 Å². The fourth-order valence-electron chi connectivity index (χ4n) is 3.19. The minimum absolute atomic E-state index is 0.437. The summed E-state index contributed by atoms with van der Waals surface area (Å²) in [6.45, 7) is 8.83. The molecule has 0 aromatic heterocycles. The molecule has 0 aliphatic carbocycles. The minimum atomic E-state index is 0.437. The van der Waals surface area contributed by atoms with Crippen LogP contribution < -0.4 is 5.32 Å². The van der Waals surface area contributed by atoms with Crippen LogP contribution in [0, 0.1) is 5.92 Å². The highest BCUT2D eigenvalue weighted by molar-refractivity contribution is 4.78. The van der Waals surface area contributed by atoms with Gasteiger partial charge in [0.1, 0.15) is 0 Å². The summed E-state index contributed by atoms with van der Waals surface area (Å²) in [6, 6.07) is 0.494. The second kappa shape index (κ2) is 8.20. The van der Waals surface area contributed by atoms with E-state index in [1.807, 2.05) is 7.11 Å². The molecule has 0 radical (unpaired) electrons. The molecule has 0 amide bonds. The predicted molar refractivity (Wildman–Crippen MR) is 77.5 cm³/mol. The quantitative estimate of drug-likeness (QED) is 0.760. The van der Waals surface area contributed by atoms with E-state index in [4.69, 9.17) is 9.47 Å². The van der Waals surface area contributed by atoms with Crippen molar-refractivity contribution in [2.45, 2.75) is 44.8 Å². The van der Waals surface area contributed by atoms with E-state index in [0.29, 0.717) is 12.1 Å². The van der Waals surface area contributed by atoms with Gasteiger partial charge in [0.2, 0.25) is 0 Å². The maximum Gasteiger partial charge on any atom is 0.0726 e. The molecule has 0 spiro atoms. The summed E-state index contributed by atoms with van der Waals surface area (Å²) in [7, 11) is 1.81.